The Hall–Kier alpha value is -2.43. The number of carbonyl (C=O) groups is 2. The van der Waals surface area contributed by atoms with Crippen LogP contribution < -0.4 is 0 Å². The minimum absolute atomic E-state index is 0.0598. The fourth-order valence-corrected chi connectivity index (χ4v) is 3.78. The van der Waals surface area contributed by atoms with Crippen molar-refractivity contribution in [1.29, 1.82) is 5.26 Å². The molecule has 0 radical (unpaired) electrons. The highest BCUT2D eigenvalue weighted by molar-refractivity contribution is 5.88. The van der Waals surface area contributed by atoms with Crippen molar-refractivity contribution in [2.45, 2.75) is 46.6 Å². The first-order chi connectivity index (χ1) is 14.6. The normalized spacial score (nSPS) is 19.4. The number of rotatable bonds is 12. The van der Waals surface area contributed by atoms with Gasteiger partial charge in [-0.2, -0.15) is 5.26 Å². The summed E-state index contributed by atoms with van der Waals surface area (Å²) in [4.78, 5) is 26.9. The van der Waals surface area contributed by atoms with E-state index in [0.717, 1.165) is 5.56 Å². The lowest BCUT2D eigenvalue weighted by molar-refractivity contribution is -0.182. The number of nitrogens with zero attached hydrogens (tertiary/aromatic N) is 1. The molecule has 0 bridgehead atoms. The molecule has 1 heterocycles. The van der Waals surface area contributed by atoms with Crippen molar-refractivity contribution in [2.24, 2.45) is 16.2 Å². The maximum absolute atomic E-state index is 13.5. The van der Waals surface area contributed by atoms with Crippen LogP contribution >= 0.6 is 0 Å². The zero-order valence-electron chi connectivity index (χ0n) is 19.1. The Bertz CT molecular complexity index is 798. The average Bonchev–Trinajstić information content (AvgIpc) is 3.56. The van der Waals surface area contributed by atoms with Crippen LogP contribution in [0.4, 0.5) is 0 Å². The van der Waals surface area contributed by atoms with Crippen LogP contribution in [0.15, 0.2) is 30.3 Å². The van der Waals surface area contributed by atoms with E-state index in [2.05, 4.69) is 6.07 Å². The maximum atomic E-state index is 13.5. The summed E-state index contributed by atoms with van der Waals surface area (Å²) < 4.78 is 21.3. The number of benzene rings is 1. The fourth-order valence-electron chi connectivity index (χ4n) is 3.78. The summed E-state index contributed by atoms with van der Waals surface area (Å²) in [6.07, 6.45) is 0.288. The molecule has 0 saturated carbocycles. The molecule has 0 aliphatic carbocycles. The van der Waals surface area contributed by atoms with E-state index in [1.807, 2.05) is 30.3 Å². The topological polar surface area (TPSA) is 98.2 Å². The molecule has 2 rings (SSSR count). The van der Waals surface area contributed by atoms with Crippen molar-refractivity contribution < 1.29 is 28.5 Å². The standard InChI is InChI=1S/C24H33NO6/c1-22(2,17-25)16-24(4,21(27)29-12-11-28-5)23(3,13-18-9-7-6-8-10-18)20(26)31-15-19-14-30-19/h6-10,19H,11-16H2,1-5H3. The van der Waals surface area contributed by atoms with Crippen molar-refractivity contribution in [3.63, 3.8) is 0 Å². The van der Waals surface area contributed by atoms with Gasteiger partial charge in [0.1, 0.15) is 19.3 Å². The largest absolute Gasteiger partial charge is 0.463 e. The number of hydrogen-bond donors (Lipinski definition) is 0. The van der Waals surface area contributed by atoms with Gasteiger partial charge in [-0.25, -0.2) is 0 Å². The quantitative estimate of drug-likeness (QED) is 0.284. The minimum atomic E-state index is -1.32. The zero-order chi connectivity index (χ0) is 23.1. The second-order valence-corrected chi connectivity index (χ2v) is 9.18. The highest BCUT2D eigenvalue weighted by Crippen LogP contribution is 2.50. The Balaban J connectivity index is 2.47. The van der Waals surface area contributed by atoms with Crippen molar-refractivity contribution in [2.75, 3.05) is 33.5 Å². The van der Waals surface area contributed by atoms with Gasteiger partial charge in [0.15, 0.2) is 0 Å². The molecule has 170 valence electrons. The molecule has 1 fully saturated rings. The lowest BCUT2D eigenvalue weighted by Crippen LogP contribution is -2.53. The monoisotopic (exact) mass is 431 g/mol. The van der Waals surface area contributed by atoms with Crippen LogP contribution in [-0.4, -0.2) is 51.6 Å². The molecule has 3 unspecified atom stereocenters. The van der Waals surface area contributed by atoms with Crippen molar-refractivity contribution in [3.8, 4) is 6.07 Å². The molecule has 0 aromatic heterocycles. The van der Waals surface area contributed by atoms with Gasteiger partial charge in [0.2, 0.25) is 0 Å². The SMILES string of the molecule is COCCOC(=O)C(C)(CC(C)(C)C#N)C(C)(Cc1ccccc1)C(=O)OCC1CO1. The first-order valence-corrected chi connectivity index (χ1v) is 10.5. The van der Waals surface area contributed by atoms with Crippen LogP contribution in [0, 0.1) is 27.6 Å². The summed E-state index contributed by atoms with van der Waals surface area (Å²) in [5.74, 6) is -1.06. The number of hydrogen-bond acceptors (Lipinski definition) is 7. The van der Waals surface area contributed by atoms with E-state index in [4.69, 9.17) is 18.9 Å². The lowest BCUT2D eigenvalue weighted by atomic mass is 9.57. The molecule has 7 heteroatoms. The van der Waals surface area contributed by atoms with Crippen LogP contribution in [0.1, 0.15) is 39.7 Å². The number of ether oxygens (including phenoxy) is 4. The molecule has 31 heavy (non-hydrogen) atoms. The Morgan fingerprint density at radius 1 is 1.06 bits per heavy atom. The molecule has 7 nitrogen and oxygen atoms in total. The third-order valence-corrected chi connectivity index (χ3v) is 5.94. The molecule has 3 atom stereocenters. The van der Waals surface area contributed by atoms with E-state index >= 15 is 0 Å². The lowest BCUT2D eigenvalue weighted by Gasteiger charge is -2.45. The summed E-state index contributed by atoms with van der Waals surface area (Å²) in [5, 5.41) is 9.68. The van der Waals surface area contributed by atoms with E-state index in [1.165, 1.54) is 7.11 Å². The van der Waals surface area contributed by atoms with Gasteiger partial charge < -0.3 is 18.9 Å². The predicted octanol–water partition coefficient (Wildman–Crippen LogP) is 3.31. The van der Waals surface area contributed by atoms with Crippen LogP contribution in [0.2, 0.25) is 0 Å². The van der Waals surface area contributed by atoms with Crippen molar-refractivity contribution >= 4 is 11.9 Å². The minimum Gasteiger partial charge on any atom is -0.463 e. The van der Waals surface area contributed by atoms with E-state index < -0.39 is 28.2 Å². The van der Waals surface area contributed by atoms with Crippen molar-refractivity contribution in [1.82, 2.24) is 0 Å². The number of methoxy groups -OCH3 is 1. The second-order valence-electron chi connectivity index (χ2n) is 9.18. The molecular weight excluding hydrogens is 398 g/mol. The third kappa shape index (κ3) is 6.28. The van der Waals surface area contributed by atoms with Crippen LogP contribution in [0.3, 0.4) is 0 Å². The van der Waals surface area contributed by atoms with E-state index in [9.17, 15) is 14.9 Å². The highest BCUT2D eigenvalue weighted by Gasteiger charge is 2.58. The Morgan fingerprint density at radius 3 is 2.23 bits per heavy atom. The van der Waals surface area contributed by atoms with Gasteiger partial charge in [0.25, 0.3) is 0 Å². The first-order valence-electron chi connectivity index (χ1n) is 10.5. The summed E-state index contributed by atoms with van der Waals surface area (Å²) in [6.45, 7) is 7.91. The molecule has 0 N–H and O–H groups in total. The molecule has 1 aromatic rings. The van der Waals surface area contributed by atoms with Crippen LogP contribution in [0.25, 0.3) is 0 Å². The Labute approximate surface area is 184 Å². The van der Waals surface area contributed by atoms with Gasteiger partial charge in [-0.15, -0.1) is 0 Å². The zero-order valence-corrected chi connectivity index (χ0v) is 19.1. The highest BCUT2D eigenvalue weighted by atomic mass is 16.6. The molecule has 0 spiro atoms. The molecule has 1 aliphatic heterocycles. The molecular formula is C24H33NO6. The first kappa shape index (κ1) is 24.8. The Kier molecular flexibility index (Phi) is 8.21. The number of nitriles is 1. The third-order valence-electron chi connectivity index (χ3n) is 5.94. The van der Waals surface area contributed by atoms with Gasteiger partial charge in [-0.05, 0) is 46.1 Å². The summed E-state index contributed by atoms with van der Waals surface area (Å²) in [7, 11) is 1.52. The van der Waals surface area contributed by atoms with E-state index in [0.29, 0.717) is 6.61 Å². The molecule has 1 aliphatic rings. The molecule has 1 saturated heterocycles. The maximum Gasteiger partial charge on any atom is 0.313 e. The molecule has 1 aromatic carbocycles. The second kappa shape index (κ2) is 10.3. The van der Waals surface area contributed by atoms with Gasteiger partial charge in [-0.3, -0.25) is 9.59 Å². The van der Waals surface area contributed by atoms with Crippen molar-refractivity contribution in [3.05, 3.63) is 35.9 Å². The van der Waals surface area contributed by atoms with E-state index in [1.54, 1.807) is 27.7 Å². The smallest absolute Gasteiger partial charge is 0.313 e. The number of esters is 2. The Morgan fingerprint density at radius 2 is 1.68 bits per heavy atom. The van der Waals surface area contributed by atoms with E-state index in [-0.39, 0.29) is 38.8 Å². The predicted molar refractivity (Wildman–Crippen MR) is 114 cm³/mol. The summed E-state index contributed by atoms with van der Waals surface area (Å²) >= 11 is 0. The van der Waals surface area contributed by atoms with Gasteiger partial charge in [0, 0.05) is 7.11 Å². The van der Waals surface area contributed by atoms with Gasteiger partial charge in [-0.1, -0.05) is 30.3 Å². The molecule has 0 amide bonds. The summed E-state index contributed by atoms with van der Waals surface area (Å²) in [5.41, 5.74) is -2.58. The summed E-state index contributed by atoms with van der Waals surface area (Å²) in [6, 6.07) is 11.7. The fraction of sp³-hybridized carbons (Fsp3) is 0.625. The average molecular weight is 432 g/mol. The number of carbonyl (C=O) groups excluding carboxylic acids is 2. The van der Waals surface area contributed by atoms with Gasteiger partial charge >= 0.3 is 11.9 Å². The van der Waals surface area contributed by atoms with Crippen LogP contribution in [-0.2, 0) is 35.0 Å². The van der Waals surface area contributed by atoms with Crippen LogP contribution in [0.5, 0.6) is 0 Å². The van der Waals surface area contributed by atoms with Gasteiger partial charge in [0.05, 0.1) is 35.5 Å². The number of epoxide rings is 1.